The zero-order valence-electron chi connectivity index (χ0n) is 11.0. The van der Waals surface area contributed by atoms with Gasteiger partial charge in [0, 0.05) is 0 Å². The number of rotatable bonds is 4. The van der Waals surface area contributed by atoms with E-state index in [4.69, 9.17) is 4.12 Å². The van der Waals surface area contributed by atoms with Gasteiger partial charge in [-0.1, -0.05) is 36.9 Å². The maximum atomic E-state index is 6.34. The molecule has 1 rings (SSSR count). The van der Waals surface area contributed by atoms with E-state index in [1.807, 2.05) is 6.08 Å². The molecule has 0 heterocycles. The van der Waals surface area contributed by atoms with Gasteiger partial charge in [0.2, 0.25) is 8.32 Å². The van der Waals surface area contributed by atoms with Crippen LogP contribution in [0.15, 0.2) is 30.8 Å². The van der Waals surface area contributed by atoms with Crippen LogP contribution in [0.25, 0.3) is 6.08 Å². The SMILES string of the molecule is C=Cc1ccc([Si](C)(C)O[Si](C)(C)C)cc1. The molecule has 1 aromatic rings. The summed E-state index contributed by atoms with van der Waals surface area (Å²) in [5.41, 5.74) is 1.17. The Morgan fingerprint density at radius 2 is 1.50 bits per heavy atom. The van der Waals surface area contributed by atoms with Gasteiger partial charge in [0.1, 0.15) is 0 Å². The van der Waals surface area contributed by atoms with Crippen LogP contribution < -0.4 is 5.19 Å². The monoisotopic (exact) mass is 250 g/mol. The predicted octanol–water partition coefficient (Wildman–Crippen LogP) is 3.59. The van der Waals surface area contributed by atoms with Crippen LogP contribution in [0, 0.1) is 0 Å². The Morgan fingerprint density at radius 3 is 1.88 bits per heavy atom. The first kappa shape index (κ1) is 13.4. The van der Waals surface area contributed by atoms with Gasteiger partial charge in [-0.2, -0.15) is 0 Å². The molecule has 3 heteroatoms. The molecule has 88 valence electrons. The maximum absolute atomic E-state index is 6.34. The molecule has 0 fully saturated rings. The van der Waals surface area contributed by atoms with Crippen LogP contribution in [-0.4, -0.2) is 16.6 Å². The van der Waals surface area contributed by atoms with Gasteiger partial charge in [0.15, 0.2) is 8.32 Å². The topological polar surface area (TPSA) is 9.23 Å². The number of hydrogen-bond donors (Lipinski definition) is 0. The fourth-order valence-electron chi connectivity index (χ4n) is 1.84. The summed E-state index contributed by atoms with van der Waals surface area (Å²) in [5, 5.41) is 1.36. The molecule has 0 N–H and O–H groups in total. The molecular weight excluding hydrogens is 228 g/mol. The summed E-state index contributed by atoms with van der Waals surface area (Å²) in [6.45, 7) is 15.1. The van der Waals surface area contributed by atoms with Crippen molar-refractivity contribution >= 4 is 27.9 Å². The molecule has 0 aliphatic carbocycles. The molecule has 0 unspecified atom stereocenters. The molecule has 0 atom stereocenters. The van der Waals surface area contributed by atoms with E-state index >= 15 is 0 Å². The normalized spacial score (nSPS) is 12.6. The number of benzene rings is 1. The molecule has 0 aromatic heterocycles. The fraction of sp³-hybridized carbons (Fsp3) is 0.385. The quantitative estimate of drug-likeness (QED) is 0.742. The van der Waals surface area contributed by atoms with Crippen molar-refractivity contribution in [2.45, 2.75) is 32.7 Å². The van der Waals surface area contributed by atoms with Crippen LogP contribution in [0.1, 0.15) is 5.56 Å². The van der Waals surface area contributed by atoms with Crippen LogP contribution in [0.2, 0.25) is 32.7 Å². The minimum atomic E-state index is -1.72. The molecule has 0 aliphatic rings. The molecule has 0 aliphatic heterocycles. The molecule has 1 aromatic carbocycles. The van der Waals surface area contributed by atoms with E-state index in [0.717, 1.165) is 0 Å². The highest BCUT2D eigenvalue weighted by Crippen LogP contribution is 2.14. The Bertz CT molecular complexity index is 361. The Kier molecular flexibility index (Phi) is 3.94. The van der Waals surface area contributed by atoms with Crippen LogP contribution in [0.5, 0.6) is 0 Å². The van der Waals surface area contributed by atoms with E-state index < -0.39 is 16.6 Å². The largest absolute Gasteiger partial charge is 0.452 e. The molecule has 0 saturated heterocycles. The molecular formula is C13H22OSi2. The van der Waals surface area contributed by atoms with E-state index in [2.05, 4.69) is 63.6 Å². The molecule has 0 bridgehead atoms. The van der Waals surface area contributed by atoms with Gasteiger partial charge in [-0.15, -0.1) is 0 Å². The smallest absolute Gasteiger partial charge is 0.205 e. The molecule has 0 radical (unpaired) electrons. The summed E-state index contributed by atoms with van der Waals surface area (Å²) in [6, 6.07) is 8.60. The second kappa shape index (κ2) is 4.69. The van der Waals surface area contributed by atoms with Crippen molar-refractivity contribution in [2.75, 3.05) is 0 Å². The molecule has 0 spiro atoms. The average Bonchev–Trinajstić information content (AvgIpc) is 2.14. The van der Waals surface area contributed by atoms with Crippen molar-refractivity contribution in [3.8, 4) is 0 Å². The van der Waals surface area contributed by atoms with Crippen LogP contribution in [0.3, 0.4) is 0 Å². The minimum absolute atomic E-state index is 1.17. The van der Waals surface area contributed by atoms with Crippen molar-refractivity contribution in [3.05, 3.63) is 36.4 Å². The summed E-state index contributed by atoms with van der Waals surface area (Å²) in [6.07, 6.45) is 1.87. The lowest BCUT2D eigenvalue weighted by atomic mass is 10.2. The Hall–Kier alpha value is -0.646. The highest BCUT2D eigenvalue weighted by molar-refractivity contribution is 6.92. The second-order valence-corrected chi connectivity index (χ2v) is 14.2. The summed E-state index contributed by atoms with van der Waals surface area (Å²) < 4.78 is 6.34. The van der Waals surface area contributed by atoms with Crippen LogP contribution in [-0.2, 0) is 4.12 Å². The van der Waals surface area contributed by atoms with Crippen LogP contribution >= 0.6 is 0 Å². The van der Waals surface area contributed by atoms with Crippen molar-refractivity contribution in [2.24, 2.45) is 0 Å². The van der Waals surface area contributed by atoms with Gasteiger partial charge in [0.25, 0.3) is 0 Å². The van der Waals surface area contributed by atoms with Crippen molar-refractivity contribution < 1.29 is 4.12 Å². The van der Waals surface area contributed by atoms with Gasteiger partial charge < -0.3 is 4.12 Å². The Labute approximate surface area is 101 Å². The van der Waals surface area contributed by atoms with Gasteiger partial charge in [-0.3, -0.25) is 0 Å². The maximum Gasteiger partial charge on any atom is 0.205 e. The summed E-state index contributed by atoms with van der Waals surface area (Å²) in [4.78, 5) is 0. The first-order valence-electron chi connectivity index (χ1n) is 5.68. The van der Waals surface area contributed by atoms with Gasteiger partial charge in [-0.05, 0) is 43.5 Å². The van der Waals surface area contributed by atoms with Gasteiger partial charge in [-0.25, -0.2) is 0 Å². The lowest BCUT2D eigenvalue weighted by molar-refractivity contribution is 0.566. The second-order valence-electron chi connectivity index (χ2n) is 5.55. The molecule has 16 heavy (non-hydrogen) atoms. The highest BCUT2D eigenvalue weighted by atomic mass is 28.4. The standard InChI is InChI=1S/C13H22OSi2/c1-7-12-8-10-13(11-9-12)16(5,6)14-15(2,3)4/h7-11H,1H2,2-6H3. The summed E-state index contributed by atoms with van der Waals surface area (Å²) in [5.74, 6) is 0. The third-order valence-corrected chi connectivity index (χ3v) is 8.62. The average molecular weight is 250 g/mol. The minimum Gasteiger partial charge on any atom is -0.452 e. The third-order valence-electron chi connectivity index (χ3n) is 2.40. The number of hydrogen-bond acceptors (Lipinski definition) is 1. The van der Waals surface area contributed by atoms with E-state index in [9.17, 15) is 0 Å². The van der Waals surface area contributed by atoms with Crippen molar-refractivity contribution in [1.29, 1.82) is 0 Å². The molecule has 0 amide bonds. The molecule has 0 saturated carbocycles. The summed E-state index contributed by atoms with van der Waals surface area (Å²) >= 11 is 0. The van der Waals surface area contributed by atoms with Gasteiger partial charge >= 0.3 is 0 Å². The van der Waals surface area contributed by atoms with E-state index in [0.29, 0.717) is 0 Å². The summed E-state index contributed by atoms with van der Waals surface area (Å²) in [7, 11) is -3.18. The zero-order valence-corrected chi connectivity index (χ0v) is 13.0. The molecule has 1 nitrogen and oxygen atoms in total. The van der Waals surface area contributed by atoms with E-state index in [-0.39, 0.29) is 0 Å². The third kappa shape index (κ3) is 3.74. The van der Waals surface area contributed by atoms with Crippen molar-refractivity contribution in [3.63, 3.8) is 0 Å². The van der Waals surface area contributed by atoms with Crippen LogP contribution in [0.4, 0.5) is 0 Å². The van der Waals surface area contributed by atoms with Gasteiger partial charge in [0.05, 0.1) is 0 Å². The lowest BCUT2D eigenvalue weighted by Crippen LogP contribution is -2.51. The highest BCUT2D eigenvalue weighted by Gasteiger charge is 2.31. The van der Waals surface area contributed by atoms with E-state index in [1.165, 1.54) is 10.8 Å². The predicted molar refractivity (Wildman–Crippen MR) is 78.1 cm³/mol. The fourth-order valence-corrected chi connectivity index (χ4v) is 9.41. The lowest BCUT2D eigenvalue weighted by Gasteiger charge is -2.31. The first-order chi connectivity index (χ1) is 7.24. The van der Waals surface area contributed by atoms with Crippen molar-refractivity contribution in [1.82, 2.24) is 0 Å². The first-order valence-corrected chi connectivity index (χ1v) is 12.0. The van der Waals surface area contributed by atoms with E-state index in [1.54, 1.807) is 0 Å². The Morgan fingerprint density at radius 1 is 1.00 bits per heavy atom. The Balaban J connectivity index is 2.93. The zero-order chi connectivity index (χ0) is 12.4.